The molecule has 0 bridgehead atoms. The van der Waals surface area contributed by atoms with Crippen molar-refractivity contribution in [3.05, 3.63) is 0 Å². The van der Waals surface area contributed by atoms with Crippen molar-refractivity contribution < 1.29 is 0 Å². The molecule has 0 radical (unpaired) electrons. The molecule has 2 heteroatoms. The van der Waals surface area contributed by atoms with Gasteiger partial charge in [-0.05, 0) is 58.0 Å². The molecule has 0 aliphatic carbocycles. The molecule has 17 heavy (non-hydrogen) atoms. The number of hydrogen-bond donors (Lipinski definition) is 1. The fourth-order valence-electron chi connectivity index (χ4n) is 2.88. The van der Waals surface area contributed by atoms with Gasteiger partial charge >= 0.3 is 0 Å². The summed E-state index contributed by atoms with van der Waals surface area (Å²) in [6, 6.07) is 0.698. The average Bonchev–Trinajstić information content (AvgIpc) is 2.29. The first kappa shape index (κ1) is 15.0. The summed E-state index contributed by atoms with van der Waals surface area (Å²) in [5.41, 5.74) is 0. The van der Waals surface area contributed by atoms with Crippen LogP contribution in [0.2, 0.25) is 0 Å². The van der Waals surface area contributed by atoms with Gasteiger partial charge in [-0.25, -0.2) is 0 Å². The first-order chi connectivity index (χ1) is 8.13. The van der Waals surface area contributed by atoms with Gasteiger partial charge in [0.25, 0.3) is 0 Å². The van der Waals surface area contributed by atoms with Crippen LogP contribution in [0.3, 0.4) is 0 Å². The first-order valence-corrected chi connectivity index (χ1v) is 7.58. The van der Waals surface area contributed by atoms with Gasteiger partial charge in [-0.3, -0.25) is 0 Å². The van der Waals surface area contributed by atoms with E-state index < -0.39 is 0 Å². The molecule has 0 aromatic carbocycles. The van der Waals surface area contributed by atoms with Crippen LogP contribution >= 0.6 is 0 Å². The van der Waals surface area contributed by atoms with E-state index in [2.05, 4.69) is 37.9 Å². The summed E-state index contributed by atoms with van der Waals surface area (Å²) in [7, 11) is 0. The average molecular weight is 240 g/mol. The van der Waals surface area contributed by atoms with E-state index in [1.807, 2.05) is 0 Å². The van der Waals surface area contributed by atoms with Crippen molar-refractivity contribution in [2.75, 3.05) is 26.2 Å². The molecule has 0 aromatic rings. The summed E-state index contributed by atoms with van der Waals surface area (Å²) in [6.45, 7) is 14.4. The van der Waals surface area contributed by atoms with E-state index in [4.69, 9.17) is 0 Å². The third-order valence-corrected chi connectivity index (χ3v) is 4.01. The standard InChI is InChI=1S/C15H32N2/c1-5-6-14(4)11-17(13(2)3)12-15-7-9-16-10-8-15/h13-16H,5-12H2,1-4H3. The van der Waals surface area contributed by atoms with Crippen molar-refractivity contribution >= 4 is 0 Å². The molecule has 1 unspecified atom stereocenters. The van der Waals surface area contributed by atoms with Gasteiger partial charge in [0, 0.05) is 19.1 Å². The molecule has 2 nitrogen and oxygen atoms in total. The van der Waals surface area contributed by atoms with Crippen LogP contribution in [-0.4, -0.2) is 37.1 Å². The lowest BCUT2D eigenvalue weighted by atomic mass is 9.96. The minimum atomic E-state index is 0.698. The van der Waals surface area contributed by atoms with Crippen LogP contribution < -0.4 is 5.32 Å². The van der Waals surface area contributed by atoms with Crippen LogP contribution in [0.15, 0.2) is 0 Å². The van der Waals surface area contributed by atoms with E-state index >= 15 is 0 Å². The summed E-state index contributed by atoms with van der Waals surface area (Å²) < 4.78 is 0. The third-order valence-electron chi connectivity index (χ3n) is 4.01. The lowest BCUT2D eigenvalue weighted by Crippen LogP contribution is -2.41. The molecular weight excluding hydrogens is 208 g/mol. The molecule has 1 fully saturated rings. The highest BCUT2D eigenvalue weighted by Gasteiger charge is 2.20. The Morgan fingerprint density at radius 2 is 1.82 bits per heavy atom. The Labute approximate surface area is 108 Å². The molecule has 1 atom stereocenters. The SMILES string of the molecule is CCCC(C)CN(CC1CCNCC1)C(C)C. The highest BCUT2D eigenvalue weighted by molar-refractivity contribution is 4.75. The molecule has 0 aromatic heterocycles. The van der Waals surface area contributed by atoms with Gasteiger partial charge in [-0.15, -0.1) is 0 Å². The Morgan fingerprint density at radius 3 is 2.35 bits per heavy atom. The maximum absolute atomic E-state index is 3.46. The highest BCUT2D eigenvalue weighted by Crippen LogP contribution is 2.17. The summed E-state index contributed by atoms with van der Waals surface area (Å²) in [5, 5.41) is 3.46. The Bertz CT molecular complexity index is 185. The quantitative estimate of drug-likeness (QED) is 0.735. The monoisotopic (exact) mass is 240 g/mol. The summed E-state index contributed by atoms with van der Waals surface area (Å²) in [6.07, 6.45) is 5.42. The first-order valence-electron chi connectivity index (χ1n) is 7.58. The molecule has 1 aliphatic heterocycles. The predicted octanol–water partition coefficient (Wildman–Crippen LogP) is 3.13. The molecule has 102 valence electrons. The van der Waals surface area contributed by atoms with E-state index in [1.54, 1.807) is 0 Å². The van der Waals surface area contributed by atoms with Crippen molar-refractivity contribution in [2.24, 2.45) is 11.8 Å². The summed E-state index contributed by atoms with van der Waals surface area (Å²) >= 11 is 0. The molecule has 0 amide bonds. The second-order valence-corrected chi connectivity index (χ2v) is 6.13. The van der Waals surface area contributed by atoms with Crippen molar-refractivity contribution in [3.63, 3.8) is 0 Å². The zero-order valence-electron chi connectivity index (χ0n) is 12.3. The molecule has 1 rings (SSSR count). The zero-order chi connectivity index (χ0) is 12.7. The zero-order valence-corrected chi connectivity index (χ0v) is 12.3. The molecule has 1 aliphatic rings. The van der Waals surface area contributed by atoms with Crippen LogP contribution in [0.5, 0.6) is 0 Å². The molecular formula is C15H32N2. The maximum atomic E-state index is 3.46. The normalized spacial score (nSPS) is 20.1. The second-order valence-electron chi connectivity index (χ2n) is 6.13. The topological polar surface area (TPSA) is 15.3 Å². The summed E-state index contributed by atoms with van der Waals surface area (Å²) in [5.74, 6) is 1.77. The maximum Gasteiger partial charge on any atom is 0.00388 e. The molecule has 0 spiro atoms. The molecule has 0 saturated carbocycles. The highest BCUT2D eigenvalue weighted by atomic mass is 15.1. The van der Waals surface area contributed by atoms with Crippen molar-refractivity contribution in [1.82, 2.24) is 10.2 Å². The van der Waals surface area contributed by atoms with Gasteiger partial charge in [-0.2, -0.15) is 0 Å². The van der Waals surface area contributed by atoms with Gasteiger partial charge in [0.1, 0.15) is 0 Å². The van der Waals surface area contributed by atoms with E-state index in [9.17, 15) is 0 Å². The van der Waals surface area contributed by atoms with E-state index in [0.717, 1.165) is 11.8 Å². The Morgan fingerprint density at radius 1 is 1.18 bits per heavy atom. The number of hydrogen-bond acceptors (Lipinski definition) is 2. The fraction of sp³-hybridized carbons (Fsp3) is 1.00. The van der Waals surface area contributed by atoms with Gasteiger partial charge in [0.05, 0.1) is 0 Å². The molecule has 1 N–H and O–H groups in total. The van der Waals surface area contributed by atoms with Gasteiger partial charge in [-0.1, -0.05) is 20.3 Å². The number of nitrogens with one attached hydrogen (secondary N) is 1. The Hall–Kier alpha value is -0.0800. The molecule has 1 saturated heterocycles. The third kappa shape index (κ3) is 5.87. The molecule has 1 heterocycles. The minimum absolute atomic E-state index is 0.698. The largest absolute Gasteiger partial charge is 0.317 e. The van der Waals surface area contributed by atoms with E-state index in [-0.39, 0.29) is 0 Å². The summed E-state index contributed by atoms with van der Waals surface area (Å²) in [4.78, 5) is 2.70. The lowest BCUT2D eigenvalue weighted by molar-refractivity contribution is 0.146. The van der Waals surface area contributed by atoms with Crippen LogP contribution in [0.25, 0.3) is 0 Å². The van der Waals surface area contributed by atoms with Gasteiger partial charge in [0.2, 0.25) is 0 Å². The van der Waals surface area contributed by atoms with Crippen LogP contribution in [-0.2, 0) is 0 Å². The van der Waals surface area contributed by atoms with Crippen LogP contribution in [0.4, 0.5) is 0 Å². The van der Waals surface area contributed by atoms with Crippen molar-refractivity contribution in [2.45, 2.75) is 59.4 Å². The lowest BCUT2D eigenvalue weighted by Gasteiger charge is -2.34. The number of rotatable bonds is 7. The second kappa shape index (κ2) is 8.10. The minimum Gasteiger partial charge on any atom is -0.317 e. The van der Waals surface area contributed by atoms with Gasteiger partial charge < -0.3 is 10.2 Å². The van der Waals surface area contributed by atoms with Crippen molar-refractivity contribution in [3.8, 4) is 0 Å². The van der Waals surface area contributed by atoms with Crippen LogP contribution in [0.1, 0.15) is 53.4 Å². The van der Waals surface area contributed by atoms with Gasteiger partial charge in [0.15, 0.2) is 0 Å². The number of piperidine rings is 1. The smallest absolute Gasteiger partial charge is 0.00388 e. The van der Waals surface area contributed by atoms with E-state index in [0.29, 0.717) is 6.04 Å². The van der Waals surface area contributed by atoms with E-state index in [1.165, 1.54) is 51.9 Å². The van der Waals surface area contributed by atoms with Crippen molar-refractivity contribution in [1.29, 1.82) is 0 Å². The Kier molecular flexibility index (Phi) is 7.14. The van der Waals surface area contributed by atoms with Crippen LogP contribution in [0, 0.1) is 11.8 Å². The Balaban J connectivity index is 2.36. The predicted molar refractivity (Wildman–Crippen MR) is 76.4 cm³/mol. The fourth-order valence-corrected chi connectivity index (χ4v) is 2.88. The number of nitrogens with zero attached hydrogens (tertiary/aromatic N) is 1.